The van der Waals surface area contributed by atoms with Crippen molar-refractivity contribution in [2.24, 2.45) is 0 Å². The Morgan fingerprint density at radius 3 is 2.38 bits per heavy atom. The molecule has 0 unspecified atom stereocenters. The Morgan fingerprint density at radius 1 is 1.07 bits per heavy atom. The van der Waals surface area contributed by atoms with Crippen molar-refractivity contribution in [3.8, 4) is 11.5 Å². The lowest BCUT2D eigenvalue weighted by atomic mass is 9.98. The number of benzene rings is 3. The van der Waals surface area contributed by atoms with Gasteiger partial charge in [-0.15, -0.1) is 0 Å². The summed E-state index contributed by atoms with van der Waals surface area (Å²) in [5.74, 6) is 0.0173. The Labute approximate surface area is 169 Å². The molecular weight excluding hydrogens is 395 g/mol. The third-order valence-corrected chi connectivity index (χ3v) is 6.51. The van der Waals surface area contributed by atoms with Crippen molar-refractivity contribution in [1.29, 1.82) is 0 Å². The van der Waals surface area contributed by atoms with Crippen LogP contribution in [-0.4, -0.2) is 27.2 Å². The van der Waals surface area contributed by atoms with Crippen molar-refractivity contribution in [2.75, 3.05) is 12.9 Å². The number of halogens is 1. The van der Waals surface area contributed by atoms with E-state index in [-0.39, 0.29) is 17.1 Å². The molecule has 0 saturated heterocycles. The molecule has 3 rings (SSSR count). The van der Waals surface area contributed by atoms with Crippen LogP contribution in [0.3, 0.4) is 0 Å². The number of ether oxygens (including phenoxy) is 2. The predicted molar refractivity (Wildman–Crippen MR) is 109 cm³/mol. The van der Waals surface area contributed by atoms with E-state index in [1.807, 2.05) is 6.07 Å². The maximum Gasteiger partial charge on any atom is 0.309 e. The predicted octanol–water partition coefficient (Wildman–Crippen LogP) is 4.59. The van der Waals surface area contributed by atoms with Crippen LogP contribution in [0.2, 0.25) is 0 Å². The molecule has 152 valence electrons. The molecule has 0 amide bonds. The molecule has 3 aromatic rings. The van der Waals surface area contributed by atoms with Crippen molar-refractivity contribution in [3.63, 3.8) is 0 Å². The lowest BCUT2D eigenvalue weighted by Gasteiger charge is -2.16. The quantitative estimate of drug-likeness (QED) is 0.550. The van der Waals surface area contributed by atoms with Gasteiger partial charge in [0.1, 0.15) is 17.3 Å². The van der Waals surface area contributed by atoms with Gasteiger partial charge in [-0.05, 0) is 59.8 Å². The van der Waals surface area contributed by atoms with E-state index in [2.05, 4.69) is 0 Å². The molecule has 0 atom stereocenters. The first-order valence-electron chi connectivity index (χ1n) is 9.04. The number of fused-ring (bicyclic) bond motifs is 1. The summed E-state index contributed by atoms with van der Waals surface area (Å²) < 4.78 is 48.6. The van der Waals surface area contributed by atoms with Crippen molar-refractivity contribution >= 4 is 26.6 Å². The summed E-state index contributed by atoms with van der Waals surface area (Å²) >= 11 is 0. The second-order valence-electron chi connectivity index (χ2n) is 6.59. The number of hydrogen-bond acceptors (Lipinski definition) is 5. The van der Waals surface area contributed by atoms with Crippen LogP contribution in [0.5, 0.6) is 11.5 Å². The van der Waals surface area contributed by atoms with Crippen LogP contribution in [0.25, 0.3) is 10.8 Å². The van der Waals surface area contributed by atoms with E-state index >= 15 is 0 Å². The molecule has 5 nitrogen and oxygen atoms in total. The number of rotatable bonds is 6. The number of hydrogen-bond donors (Lipinski definition) is 0. The number of carbonyl (C=O) groups is 1. The van der Waals surface area contributed by atoms with E-state index < -0.39 is 21.6 Å². The van der Waals surface area contributed by atoms with Gasteiger partial charge in [0.15, 0.2) is 9.84 Å². The highest BCUT2D eigenvalue weighted by Crippen LogP contribution is 2.36. The van der Waals surface area contributed by atoms with Gasteiger partial charge in [-0.25, -0.2) is 12.8 Å². The van der Waals surface area contributed by atoms with Gasteiger partial charge in [0.2, 0.25) is 0 Å². The fourth-order valence-corrected chi connectivity index (χ4v) is 3.92. The van der Waals surface area contributed by atoms with Crippen LogP contribution < -0.4 is 4.74 Å². The standard InChI is InChI=1S/C22H21FO5S/c1-4-29(25,26)19-9-7-18(8-10-19)28-22-14(2)16(12-21(24)27-3)11-15-5-6-17(23)13-20(15)22/h5-11,13H,4,12H2,1-3H3. The summed E-state index contributed by atoms with van der Waals surface area (Å²) in [6.07, 6.45) is 0.0552. The Balaban J connectivity index is 2.08. The molecule has 29 heavy (non-hydrogen) atoms. The minimum Gasteiger partial charge on any atom is -0.469 e. The summed E-state index contributed by atoms with van der Waals surface area (Å²) in [7, 11) is -2.00. The number of methoxy groups -OCH3 is 1. The van der Waals surface area contributed by atoms with Gasteiger partial charge in [-0.3, -0.25) is 4.79 Å². The normalized spacial score (nSPS) is 11.4. The molecule has 3 aromatic carbocycles. The van der Waals surface area contributed by atoms with Gasteiger partial charge in [-0.1, -0.05) is 19.1 Å². The van der Waals surface area contributed by atoms with E-state index in [1.165, 1.54) is 31.4 Å². The first-order valence-corrected chi connectivity index (χ1v) is 10.7. The monoisotopic (exact) mass is 416 g/mol. The summed E-state index contributed by atoms with van der Waals surface area (Å²) in [4.78, 5) is 12.0. The molecule has 0 spiro atoms. The molecule has 0 saturated carbocycles. The van der Waals surface area contributed by atoms with E-state index in [4.69, 9.17) is 9.47 Å². The van der Waals surface area contributed by atoms with Gasteiger partial charge in [0, 0.05) is 5.39 Å². The average Bonchev–Trinajstić information content (AvgIpc) is 2.71. The van der Waals surface area contributed by atoms with Crippen molar-refractivity contribution in [2.45, 2.75) is 25.2 Å². The summed E-state index contributed by atoms with van der Waals surface area (Å²) in [6.45, 7) is 3.37. The van der Waals surface area contributed by atoms with Gasteiger partial charge >= 0.3 is 5.97 Å². The van der Waals surface area contributed by atoms with Crippen LogP contribution >= 0.6 is 0 Å². The van der Waals surface area contributed by atoms with E-state index in [9.17, 15) is 17.6 Å². The van der Waals surface area contributed by atoms with Gasteiger partial charge in [0.05, 0.1) is 24.2 Å². The summed E-state index contributed by atoms with van der Waals surface area (Å²) in [5.41, 5.74) is 1.38. The van der Waals surface area contributed by atoms with Crippen LogP contribution in [0, 0.1) is 12.7 Å². The minimum atomic E-state index is -3.32. The highest BCUT2D eigenvalue weighted by atomic mass is 32.2. The van der Waals surface area contributed by atoms with Crippen molar-refractivity contribution in [3.05, 3.63) is 65.5 Å². The fraction of sp³-hybridized carbons (Fsp3) is 0.227. The van der Waals surface area contributed by atoms with Gasteiger partial charge in [0.25, 0.3) is 0 Å². The zero-order chi connectivity index (χ0) is 21.2. The van der Waals surface area contributed by atoms with Crippen molar-refractivity contribution < 1.29 is 27.1 Å². The molecule has 0 aliphatic rings. The van der Waals surface area contributed by atoms with Crippen molar-refractivity contribution in [1.82, 2.24) is 0 Å². The average molecular weight is 416 g/mol. The molecule has 0 heterocycles. The van der Waals surface area contributed by atoms with Crippen LogP contribution in [-0.2, 0) is 25.8 Å². The topological polar surface area (TPSA) is 69.7 Å². The van der Waals surface area contributed by atoms with Gasteiger partial charge in [-0.2, -0.15) is 0 Å². The van der Waals surface area contributed by atoms with Crippen LogP contribution in [0.15, 0.2) is 53.4 Å². The molecular formula is C22H21FO5S. The van der Waals surface area contributed by atoms with Gasteiger partial charge < -0.3 is 9.47 Å². The first-order chi connectivity index (χ1) is 13.7. The maximum atomic E-state index is 13.9. The zero-order valence-electron chi connectivity index (χ0n) is 16.4. The molecule has 0 fully saturated rings. The molecule has 0 radical (unpaired) electrons. The lowest BCUT2D eigenvalue weighted by Crippen LogP contribution is -2.07. The fourth-order valence-electron chi connectivity index (χ4n) is 3.04. The second-order valence-corrected chi connectivity index (χ2v) is 8.86. The highest BCUT2D eigenvalue weighted by molar-refractivity contribution is 7.91. The number of esters is 1. The van der Waals surface area contributed by atoms with Crippen LogP contribution in [0.4, 0.5) is 4.39 Å². The molecule has 0 aliphatic heterocycles. The Morgan fingerprint density at radius 2 is 1.76 bits per heavy atom. The molecule has 0 aromatic heterocycles. The van der Waals surface area contributed by atoms with E-state index in [0.29, 0.717) is 28.0 Å². The maximum absolute atomic E-state index is 13.9. The molecule has 0 aliphatic carbocycles. The van der Waals surface area contributed by atoms with E-state index in [0.717, 1.165) is 5.39 Å². The van der Waals surface area contributed by atoms with Crippen LogP contribution in [0.1, 0.15) is 18.1 Å². The second kappa shape index (κ2) is 8.21. The summed E-state index contributed by atoms with van der Waals surface area (Å²) in [5, 5.41) is 1.28. The number of carbonyl (C=O) groups excluding carboxylic acids is 1. The highest BCUT2D eigenvalue weighted by Gasteiger charge is 2.17. The Kier molecular flexibility index (Phi) is 5.88. The smallest absolute Gasteiger partial charge is 0.309 e. The van der Waals surface area contributed by atoms with E-state index in [1.54, 1.807) is 32.0 Å². The first kappa shape index (κ1) is 20.8. The summed E-state index contributed by atoms with van der Waals surface area (Å²) in [6, 6.07) is 12.2. The zero-order valence-corrected chi connectivity index (χ0v) is 17.2. The molecule has 0 N–H and O–H groups in total. The lowest BCUT2D eigenvalue weighted by molar-refractivity contribution is -0.139. The molecule has 0 bridgehead atoms. The third-order valence-electron chi connectivity index (χ3n) is 4.76. The minimum absolute atomic E-state index is 0.00575. The largest absolute Gasteiger partial charge is 0.469 e. The number of sulfone groups is 1. The molecule has 7 heteroatoms. The Bertz CT molecular complexity index is 1170. The SMILES string of the molecule is CCS(=O)(=O)c1ccc(Oc2c(C)c(CC(=O)OC)cc3ccc(F)cc23)cc1. The Hall–Kier alpha value is -2.93. The third kappa shape index (κ3) is 4.40.